The van der Waals surface area contributed by atoms with Crippen molar-refractivity contribution in [2.45, 2.75) is 103 Å². The van der Waals surface area contributed by atoms with Gasteiger partial charge >= 0.3 is 0 Å². The fraction of sp³-hybridized carbons (Fsp3) is 0.714. The van der Waals surface area contributed by atoms with Crippen molar-refractivity contribution in [1.29, 1.82) is 0 Å². The summed E-state index contributed by atoms with van der Waals surface area (Å²) in [6.07, 6.45) is -2.45. The molecule has 0 saturated carbocycles. The van der Waals surface area contributed by atoms with Crippen molar-refractivity contribution in [3.63, 3.8) is 0 Å². The predicted molar refractivity (Wildman–Crippen MR) is 172 cm³/mol. The molecule has 0 aliphatic heterocycles. The third-order valence-corrected chi connectivity index (χ3v) is 7.13. The van der Waals surface area contributed by atoms with Crippen LogP contribution in [0.3, 0.4) is 0 Å². The molecule has 0 aromatic carbocycles. The maximum atomic E-state index is 13.2. The van der Waals surface area contributed by atoms with Crippen LogP contribution < -0.4 is 43.8 Å². The van der Waals surface area contributed by atoms with Gasteiger partial charge in [-0.3, -0.25) is 38.4 Å². The fourth-order valence-electron chi connectivity index (χ4n) is 4.05. The van der Waals surface area contributed by atoms with E-state index in [2.05, 4.69) is 39.2 Å². The molecule has 0 fully saturated rings. The Morgan fingerprint density at radius 1 is 0.681 bits per heavy atom. The van der Waals surface area contributed by atoms with Gasteiger partial charge in [-0.15, -0.1) is 0 Å². The Morgan fingerprint density at radius 2 is 1.17 bits per heavy atom. The summed E-state index contributed by atoms with van der Waals surface area (Å²) in [6.45, 7) is 6.97. The molecule has 13 N–H and O–H groups in total. The lowest BCUT2D eigenvalue weighted by molar-refractivity contribution is -0.137. The minimum Gasteiger partial charge on any atom is -0.394 e. The minimum absolute atomic E-state index is 0.0679. The Hall–Kier alpha value is -3.81. The smallest absolute Gasteiger partial charge is 0.245 e. The van der Waals surface area contributed by atoms with Crippen molar-refractivity contribution in [2.24, 2.45) is 29.0 Å². The highest BCUT2D eigenvalue weighted by molar-refractivity contribution is 7.81. The molecule has 0 unspecified atom stereocenters. The highest BCUT2D eigenvalue weighted by Crippen LogP contribution is 2.09. The van der Waals surface area contributed by atoms with Crippen LogP contribution >= 0.6 is 12.6 Å². The summed E-state index contributed by atoms with van der Waals surface area (Å²) in [6, 6.07) is -8.40. The van der Waals surface area contributed by atoms with Crippen molar-refractivity contribution in [1.82, 2.24) is 26.6 Å². The van der Waals surface area contributed by atoms with Gasteiger partial charge in [-0.05, 0) is 31.6 Å². The van der Waals surface area contributed by atoms with Gasteiger partial charge in [0, 0.05) is 6.42 Å². The summed E-state index contributed by atoms with van der Waals surface area (Å²) < 4.78 is 0. The number of ketones is 1. The lowest BCUT2D eigenvalue weighted by atomic mass is 10.0. The second kappa shape index (κ2) is 21.1. The number of nitrogens with one attached hydrogen (secondary N) is 5. The van der Waals surface area contributed by atoms with Crippen LogP contribution in [0.2, 0.25) is 0 Å². The molecule has 0 rings (SSSR count). The number of rotatable bonds is 22. The number of carbonyl (C=O) groups excluding carboxylic acids is 8. The molecule has 0 heterocycles. The van der Waals surface area contributed by atoms with Crippen molar-refractivity contribution < 1.29 is 48.6 Å². The average Bonchev–Trinajstić information content (AvgIpc) is 2.97. The lowest BCUT2D eigenvalue weighted by Crippen LogP contribution is -2.62. The summed E-state index contributed by atoms with van der Waals surface area (Å²) in [5.41, 5.74) is 16.1. The molecule has 0 radical (unpaired) electrons. The first-order chi connectivity index (χ1) is 21.7. The van der Waals surface area contributed by atoms with Gasteiger partial charge in [0.1, 0.15) is 24.2 Å². The Morgan fingerprint density at radius 3 is 1.62 bits per heavy atom. The largest absolute Gasteiger partial charge is 0.394 e. The number of primary amides is 2. The molecule has 268 valence electrons. The Balaban J connectivity index is 5.88. The minimum atomic E-state index is -1.73. The number of hydrogen-bond donors (Lipinski definition) is 11. The highest BCUT2D eigenvalue weighted by Gasteiger charge is 2.35. The third-order valence-electron chi connectivity index (χ3n) is 6.82. The normalized spacial score (nSPS) is 15.6. The van der Waals surface area contributed by atoms with E-state index in [-0.39, 0.29) is 36.9 Å². The second-order valence-electron chi connectivity index (χ2n) is 11.9. The number of hydrogen-bond acceptors (Lipinski definition) is 12. The first-order valence-corrected chi connectivity index (χ1v) is 15.6. The molecule has 7 amide bonds. The molecule has 0 bridgehead atoms. The number of nitrogens with two attached hydrogens (primary N) is 3. The number of aliphatic hydroxyl groups excluding tert-OH is 2. The number of carbonyl (C=O) groups is 8. The predicted octanol–water partition coefficient (Wildman–Crippen LogP) is -4.55. The van der Waals surface area contributed by atoms with E-state index in [4.69, 9.17) is 17.2 Å². The molecule has 0 saturated heterocycles. The van der Waals surface area contributed by atoms with Crippen LogP contribution in [0.5, 0.6) is 0 Å². The van der Waals surface area contributed by atoms with Crippen molar-refractivity contribution in [2.75, 3.05) is 12.4 Å². The van der Waals surface area contributed by atoms with E-state index < -0.39 is 103 Å². The van der Waals surface area contributed by atoms with Crippen LogP contribution in [0.25, 0.3) is 0 Å². The molecule has 19 heteroatoms. The van der Waals surface area contributed by atoms with E-state index in [1.165, 1.54) is 0 Å². The fourth-order valence-corrected chi connectivity index (χ4v) is 4.27. The van der Waals surface area contributed by atoms with E-state index in [0.717, 1.165) is 6.92 Å². The van der Waals surface area contributed by atoms with Gasteiger partial charge < -0.3 is 54.0 Å². The topological polar surface area (TPSA) is 315 Å². The van der Waals surface area contributed by atoms with Crippen LogP contribution in [-0.4, -0.2) is 112 Å². The van der Waals surface area contributed by atoms with Gasteiger partial charge in [-0.25, -0.2) is 0 Å². The molecule has 0 aromatic heterocycles. The SMILES string of the molecule is CC(C)C[C@H](NC(=O)[C@@H](NC(=O)[C@H](CO)NC(=O)[C@H](CC(N)=O)NC(=O)[C@@H](N)C(C)C)[C@@H](C)O)C(=O)N[C@@H](CCC(N)=O)C(=O)CS. The standard InChI is InChI=1S/C28H50N8O10S/c1-12(2)8-16(24(42)32-15(19(39)11-47)6-7-20(29)40)34-28(46)23(14(5)38)36-26(44)18(10-37)35-25(43)17(9-21(30)41)33-27(45)22(31)13(3)4/h12-18,22-23,37-38,47H,6-11,31H2,1-5H3,(H2,29,40)(H2,30,41)(H,32,42)(H,33,45)(H,34,46)(H,35,43)(H,36,44)/t14-,15+,16+,17+,18+,22+,23+/m1/s1. The maximum Gasteiger partial charge on any atom is 0.245 e. The monoisotopic (exact) mass is 690 g/mol. The number of aliphatic hydroxyl groups is 2. The first kappa shape index (κ1) is 43.2. The van der Waals surface area contributed by atoms with Crippen molar-refractivity contribution in [3.05, 3.63) is 0 Å². The van der Waals surface area contributed by atoms with Gasteiger partial charge in [0.25, 0.3) is 0 Å². The van der Waals surface area contributed by atoms with Gasteiger partial charge in [0.15, 0.2) is 5.78 Å². The molecule has 7 atom stereocenters. The molecule has 0 aliphatic carbocycles. The summed E-state index contributed by atoms with van der Waals surface area (Å²) in [7, 11) is 0. The average molecular weight is 691 g/mol. The maximum absolute atomic E-state index is 13.2. The van der Waals surface area contributed by atoms with E-state index in [0.29, 0.717) is 0 Å². The first-order valence-electron chi connectivity index (χ1n) is 15.0. The molecule has 18 nitrogen and oxygen atoms in total. The highest BCUT2D eigenvalue weighted by atomic mass is 32.1. The summed E-state index contributed by atoms with van der Waals surface area (Å²) in [4.78, 5) is 99.8. The van der Waals surface area contributed by atoms with Crippen LogP contribution in [0, 0.1) is 11.8 Å². The zero-order valence-corrected chi connectivity index (χ0v) is 28.2. The lowest BCUT2D eigenvalue weighted by Gasteiger charge is -2.28. The molecular formula is C28H50N8O10S. The Labute approximate surface area is 278 Å². The zero-order valence-electron chi connectivity index (χ0n) is 27.3. The second-order valence-corrected chi connectivity index (χ2v) is 12.2. The third kappa shape index (κ3) is 16.0. The number of thiol groups is 1. The van der Waals surface area contributed by atoms with Gasteiger partial charge in [0.2, 0.25) is 41.4 Å². The Bertz CT molecular complexity index is 1140. The number of amides is 7. The Kier molecular flexibility index (Phi) is 19.4. The van der Waals surface area contributed by atoms with Crippen LogP contribution in [0.4, 0.5) is 0 Å². The summed E-state index contributed by atoms with van der Waals surface area (Å²) in [5, 5.41) is 31.7. The van der Waals surface area contributed by atoms with E-state index >= 15 is 0 Å². The zero-order chi connectivity index (χ0) is 36.6. The van der Waals surface area contributed by atoms with Gasteiger partial charge in [-0.2, -0.15) is 12.6 Å². The number of Topliss-reactive ketones (excluding diaryl/α,β-unsaturated/α-hetero) is 1. The van der Waals surface area contributed by atoms with Gasteiger partial charge in [-0.1, -0.05) is 27.7 Å². The van der Waals surface area contributed by atoms with Crippen molar-refractivity contribution >= 4 is 59.8 Å². The van der Waals surface area contributed by atoms with E-state index in [1.54, 1.807) is 27.7 Å². The molecule has 0 spiro atoms. The molecule has 0 aromatic rings. The van der Waals surface area contributed by atoms with Gasteiger partial charge in [0.05, 0.1) is 37.0 Å². The van der Waals surface area contributed by atoms with Crippen LogP contribution in [0.1, 0.15) is 60.3 Å². The molecule has 0 aliphatic rings. The van der Waals surface area contributed by atoms with E-state index in [9.17, 15) is 48.6 Å². The van der Waals surface area contributed by atoms with E-state index in [1.807, 2.05) is 0 Å². The van der Waals surface area contributed by atoms with Crippen LogP contribution in [-0.2, 0) is 38.4 Å². The van der Waals surface area contributed by atoms with Crippen LogP contribution in [0.15, 0.2) is 0 Å². The van der Waals surface area contributed by atoms with Crippen molar-refractivity contribution in [3.8, 4) is 0 Å². The summed E-state index contributed by atoms with van der Waals surface area (Å²) in [5.74, 6) is -7.67. The molecular weight excluding hydrogens is 640 g/mol. The molecule has 47 heavy (non-hydrogen) atoms. The summed E-state index contributed by atoms with van der Waals surface area (Å²) >= 11 is 3.92. The quantitative estimate of drug-likeness (QED) is 0.0481.